The van der Waals surface area contributed by atoms with Crippen molar-refractivity contribution < 1.29 is 9.53 Å². The third-order valence-electron chi connectivity index (χ3n) is 2.39. The Kier molecular flexibility index (Phi) is 4.55. The lowest BCUT2D eigenvalue weighted by Gasteiger charge is -2.10. The fourth-order valence-corrected chi connectivity index (χ4v) is 2.30. The fraction of sp³-hybridized carbons (Fsp3) is 0.0769. The second-order valence-electron chi connectivity index (χ2n) is 3.64. The number of pyridine rings is 1. The van der Waals surface area contributed by atoms with E-state index in [1.54, 1.807) is 30.5 Å². The molecule has 0 radical (unpaired) electrons. The van der Waals surface area contributed by atoms with Crippen LogP contribution in [0.15, 0.2) is 45.5 Å². The minimum Gasteiger partial charge on any atom is -0.480 e. The summed E-state index contributed by atoms with van der Waals surface area (Å²) in [6, 6.07) is 8.86. The van der Waals surface area contributed by atoms with Gasteiger partial charge in [0, 0.05) is 15.1 Å². The highest BCUT2D eigenvalue weighted by atomic mass is 79.9. The zero-order valence-corrected chi connectivity index (χ0v) is 13.2. The highest BCUT2D eigenvalue weighted by Gasteiger charge is 2.13. The molecular weight excluding hydrogens is 376 g/mol. The second kappa shape index (κ2) is 6.16. The molecule has 0 saturated carbocycles. The highest BCUT2D eigenvalue weighted by Crippen LogP contribution is 2.25. The number of benzene rings is 1. The number of hydrogen-bond acceptors (Lipinski definition) is 3. The van der Waals surface area contributed by atoms with Gasteiger partial charge in [-0.05, 0) is 46.3 Å². The van der Waals surface area contributed by atoms with Crippen LogP contribution in [0.25, 0.3) is 0 Å². The van der Waals surface area contributed by atoms with Gasteiger partial charge in [0.1, 0.15) is 5.69 Å². The predicted octanol–water partition coefficient (Wildman–Crippen LogP) is 3.87. The number of amides is 1. The molecule has 1 heterocycles. The van der Waals surface area contributed by atoms with Crippen LogP contribution in [0.3, 0.4) is 0 Å². The van der Waals surface area contributed by atoms with E-state index in [0.29, 0.717) is 17.1 Å². The van der Waals surface area contributed by atoms with Gasteiger partial charge in [-0.2, -0.15) is 0 Å². The van der Waals surface area contributed by atoms with E-state index in [2.05, 4.69) is 42.2 Å². The van der Waals surface area contributed by atoms with Crippen LogP contribution in [0.5, 0.6) is 5.88 Å². The van der Waals surface area contributed by atoms with E-state index in [-0.39, 0.29) is 5.91 Å². The minimum atomic E-state index is -0.237. The lowest BCUT2D eigenvalue weighted by Crippen LogP contribution is -2.13. The Hall–Kier alpha value is -1.40. The number of rotatable bonds is 3. The molecule has 0 bridgehead atoms. The maximum atomic E-state index is 12.2. The Morgan fingerprint density at radius 1 is 1.32 bits per heavy atom. The fourth-order valence-electron chi connectivity index (χ4n) is 1.51. The van der Waals surface area contributed by atoms with Crippen LogP contribution in [0, 0.1) is 0 Å². The van der Waals surface area contributed by atoms with Crippen LogP contribution >= 0.6 is 31.9 Å². The molecule has 0 atom stereocenters. The Balaban J connectivity index is 2.28. The van der Waals surface area contributed by atoms with Gasteiger partial charge in [-0.3, -0.25) is 4.79 Å². The average Bonchev–Trinajstić information content (AvgIpc) is 2.42. The zero-order chi connectivity index (χ0) is 13.8. The Morgan fingerprint density at radius 2 is 2.11 bits per heavy atom. The number of hydrogen-bond donors (Lipinski definition) is 1. The molecule has 2 rings (SSSR count). The molecule has 0 saturated heterocycles. The summed E-state index contributed by atoms with van der Waals surface area (Å²) in [6.45, 7) is 0. The molecule has 1 aromatic heterocycles. The smallest absolute Gasteiger partial charge is 0.256 e. The second-order valence-corrected chi connectivity index (χ2v) is 5.41. The van der Waals surface area contributed by atoms with E-state index < -0.39 is 0 Å². The molecular formula is C13H10Br2N2O2. The summed E-state index contributed by atoms with van der Waals surface area (Å²) in [7, 11) is 1.51. The van der Waals surface area contributed by atoms with Crippen LogP contribution in [0.4, 0.5) is 5.69 Å². The van der Waals surface area contributed by atoms with E-state index in [1.165, 1.54) is 7.11 Å². The lowest BCUT2D eigenvalue weighted by atomic mass is 10.2. The number of halogens is 2. The Labute approximate surface area is 127 Å². The van der Waals surface area contributed by atoms with E-state index in [9.17, 15) is 4.79 Å². The first-order chi connectivity index (χ1) is 9.11. The van der Waals surface area contributed by atoms with Crippen molar-refractivity contribution in [3.63, 3.8) is 0 Å². The molecule has 0 fully saturated rings. The molecule has 1 amide bonds. The quantitative estimate of drug-likeness (QED) is 0.872. The third-order valence-corrected chi connectivity index (χ3v) is 3.57. The summed E-state index contributed by atoms with van der Waals surface area (Å²) in [6.07, 6.45) is 1.60. The van der Waals surface area contributed by atoms with Gasteiger partial charge in [-0.1, -0.05) is 15.9 Å². The van der Waals surface area contributed by atoms with Crippen molar-refractivity contribution in [1.29, 1.82) is 0 Å². The van der Waals surface area contributed by atoms with Gasteiger partial charge in [0.05, 0.1) is 12.7 Å². The molecule has 0 aliphatic rings. The first-order valence-electron chi connectivity index (χ1n) is 5.37. The monoisotopic (exact) mass is 384 g/mol. The molecule has 2 aromatic rings. The zero-order valence-electron chi connectivity index (χ0n) is 9.98. The van der Waals surface area contributed by atoms with E-state index in [4.69, 9.17) is 4.74 Å². The summed E-state index contributed by atoms with van der Waals surface area (Å²) in [5.41, 5.74) is 1.06. The highest BCUT2D eigenvalue weighted by molar-refractivity contribution is 9.11. The number of carbonyl (C=O) groups excluding carboxylic acids is 1. The number of methoxy groups -OCH3 is 1. The van der Waals surface area contributed by atoms with Gasteiger partial charge in [0.2, 0.25) is 5.88 Å². The number of nitrogens with zero attached hydrogens (tertiary/aromatic N) is 1. The molecule has 6 heteroatoms. The van der Waals surface area contributed by atoms with Crippen LogP contribution in [0.1, 0.15) is 10.4 Å². The number of anilines is 1. The lowest BCUT2D eigenvalue weighted by molar-refractivity contribution is 0.102. The topological polar surface area (TPSA) is 51.2 Å². The van der Waals surface area contributed by atoms with Crippen LogP contribution < -0.4 is 10.1 Å². The van der Waals surface area contributed by atoms with Crippen molar-refractivity contribution in [2.24, 2.45) is 0 Å². The maximum Gasteiger partial charge on any atom is 0.256 e. The maximum absolute atomic E-state index is 12.2. The van der Waals surface area contributed by atoms with E-state index in [1.807, 2.05) is 6.07 Å². The summed E-state index contributed by atoms with van der Waals surface area (Å²) in [5, 5.41) is 2.77. The molecule has 1 aromatic carbocycles. The first-order valence-corrected chi connectivity index (χ1v) is 6.96. The van der Waals surface area contributed by atoms with E-state index in [0.717, 1.165) is 8.95 Å². The average molecular weight is 386 g/mol. The van der Waals surface area contributed by atoms with Gasteiger partial charge in [-0.15, -0.1) is 0 Å². The molecule has 19 heavy (non-hydrogen) atoms. The van der Waals surface area contributed by atoms with Gasteiger partial charge >= 0.3 is 0 Å². The van der Waals surface area contributed by atoms with Crippen molar-refractivity contribution in [2.45, 2.75) is 0 Å². The van der Waals surface area contributed by atoms with Gasteiger partial charge in [0.25, 0.3) is 5.91 Å². The standard InChI is InChI=1S/C13H10Br2N2O2/c1-19-13-11(3-2-6-16-13)17-12(18)9-7-8(14)4-5-10(9)15/h2-7H,1H3,(H,17,18). The van der Waals surface area contributed by atoms with Gasteiger partial charge in [0.15, 0.2) is 0 Å². The number of ether oxygens (including phenoxy) is 1. The number of carbonyl (C=O) groups is 1. The minimum absolute atomic E-state index is 0.237. The summed E-state index contributed by atoms with van der Waals surface area (Å²) in [5.74, 6) is 0.140. The van der Waals surface area contributed by atoms with Crippen LogP contribution in [0.2, 0.25) is 0 Å². The van der Waals surface area contributed by atoms with Crippen molar-refractivity contribution in [1.82, 2.24) is 4.98 Å². The molecule has 4 nitrogen and oxygen atoms in total. The molecule has 1 N–H and O–H groups in total. The summed E-state index contributed by atoms with van der Waals surface area (Å²) < 4.78 is 6.64. The van der Waals surface area contributed by atoms with Crippen LogP contribution in [-0.4, -0.2) is 18.0 Å². The number of nitrogens with one attached hydrogen (secondary N) is 1. The Bertz CT molecular complexity index is 617. The van der Waals surface area contributed by atoms with Crippen LogP contribution in [-0.2, 0) is 0 Å². The van der Waals surface area contributed by atoms with Crippen molar-refractivity contribution >= 4 is 43.5 Å². The number of aromatic nitrogens is 1. The van der Waals surface area contributed by atoms with Crippen molar-refractivity contribution in [2.75, 3.05) is 12.4 Å². The SMILES string of the molecule is COc1ncccc1NC(=O)c1cc(Br)ccc1Br. The molecule has 0 spiro atoms. The normalized spacial score (nSPS) is 10.1. The van der Waals surface area contributed by atoms with Gasteiger partial charge in [-0.25, -0.2) is 4.98 Å². The molecule has 0 aliphatic carbocycles. The molecule has 0 unspecified atom stereocenters. The van der Waals surface area contributed by atoms with E-state index >= 15 is 0 Å². The van der Waals surface area contributed by atoms with Crippen molar-refractivity contribution in [3.8, 4) is 5.88 Å². The Morgan fingerprint density at radius 3 is 2.84 bits per heavy atom. The predicted molar refractivity (Wildman–Crippen MR) is 80.6 cm³/mol. The third kappa shape index (κ3) is 3.33. The largest absolute Gasteiger partial charge is 0.480 e. The van der Waals surface area contributed by atoms with Gasteiger partial charge < -0.3 is 10.1 Å². The molecule has 0 aliphatic heterocycles. The van der Waals surface area contributed by atoms with Crippen molar-refractivity contribution in [3.05, 3.63) is 51.0 Å². The summed E-state index contributed by atoms with van der Waals surface area (Å²) in [4.78, 5) is 16.2. The molecule has 98 valence electrons. The summed E-state index contributed by atoms with van der Waals surface area (Å²) >= 11 is 6.69. The first kappa shape index (κ1) is 14.0.